The minimum atomic E-state index is -0.981. The van der Waals surface area contributed by atoms with Crippen LogP contribution in [0.2, 0.25) is 0 Å². The second-order valence-corrected chi connectivity index (χ2v) is 4.49. The molecule has 1 amide bonds. The Morgan fingerprint density at radius 1 is 1.10 bits per heavy atom. The van der Waals surface area contributed by atoms with E-state index in [4.69, 9.17) is 5.73 Å². The van der Waals surface area contributed by atoms with Crippen LogP contribution < -0.4 is 11.1 Å². The molecule has 2 aromatic rings. The van der Waals surface area contributed by atoms with Crippen molar-refractivity contribution in [3.63, 3.8) is 0 Å². The van der Waals surface area contributed by atoms with Gasteiger partial charge >= 0.3 is 0 Å². The first-order valence-corrected chi connectivity index (χ1v) is 6.24. The van der Waals surface area contributed by atoms with E-state index in [0.29, 0.717) is 12.0 Å². The maximum atomic E-state index is 13.2. The molecule has 0 bridgehead atoms. The standard InChI is InChI=1S/C15H13F3N2O/c16-11-3-1-2-9(6-11)4-5-20-15(21)10-7-12(17)14(19)13(18)8-10/h1-3,6-8H,4-5,19H2,(H,20,21). The maximum absolute atomic E-state index is 13.2. The SMILES string of the molecule is Nc1c(F)cc(C(=O)NCCc2cccc(F)c2)cc1F. The molecule has 21 heavy (non-hydrogen) atoms. The highest BCUT2D eigenvalue weighted by atomic mass is 19.1. The van der Waals surface area contributed by atoms with Crippen LogP contribution >= 0.6 is 0 Å². The van der Waals surface area contributed by atoms with Crippen LogP contribution in [0.25, 0.3) is 0 Å². The van der Waals surface area contributed by atoms with Gasteiger partial charge in [0.25, 0.3) is 5.91 Å². The Morgan fingerprint density at radius 3 is 2.38 bits per heavy atom. The lowest BCUT2D eigenvalue weighted by Gasteiger charge is -2.07. The fourth-order valence-corrected chi connectivity index (χ4v) is 1.83. The third-order valence-corrected chi connectivity index (χ3v) is 2.93. The monoisotopic (exact) mass is 294 g/mol. The summed E-state index contributed by atoms with van der Waals surface area (Å²) in [7, 11) is 0. The van der Waals surface area contributed by atoms with E-state index in [1.807, 2.05) is 0 Å². The molecular formula is C15H13F3N2O. The zero-order valence-electron chi connectivity index (χ0n) is 11.0. The zero-order chi connectivity index (χ0) is 15.4. The normalized spacial score (nSPS) is 10.4. The molecule has 0 saturated heterocycles. The first-order valence-electron chi connectivity index (χ1n) is 6.24. The molecule has 0 fully saturated rings. The highest BCUT2D eigenvalue weighted by Crippen LogP contribution is 2.17. The average molecular weight is 294 g/mol. The number of amides is 1. The molecule has 110 valence electrons. The topological polar surface area (TPSA) is 55.1 Å². The predicted octanol–water partition coefficient (Wildman–Crippen LogP) is 2.66. The molecule has 0 aliphatic heterocycles. The summed E-state index contributed by atoms with van der Waals surface area (Å²) in [6, 6.07) is 7.71. The first kappa shape index (κ1) is 14.9. The number of nitrogen functional groups attached to an aromatic ring is 1. The van der Waals surface area contributed by atoms with Gasteiger partial charge in [0.15, 0.2) is 0 Å². The third kappa shape index (κ3) is 3.75. The summed E-state index contributed by atoms with van der Waals surface area (Å²) < 4.78 is 39.5. The molecule has 3 N–H and O–H groups in total. The van der Waals surface area contributed by atoms with Gasteiger partial charge in [-0.3, -0.25) is 4.79 Å². The van der Waals surface area contributed by atoms with Crippen molar-refractivity contribution in [1.29, 1.82) is 0 Å². The Hall–Kier alpha value is -2.50. The van der Waals surface area contributed by atoms with Gasteiger partial charge in [0.05, 0.1) is 0 Å². The Labute approximate surface area is 119 Å². The quantitative estimate of drug-likeness (QED) is 0.852. The summed E-state index contributed by atoms with van der Waals surface area (Å²) in [5.74, 6) is -2.94. The van der Waals surface area contributed by atoms with Crippen LogP contribution in [0.5, 0.6) is 0 Å². The largest absolute Gasteiger partial charge is 0.394 e. The number of nitrogens with one attached hydrogen (secondary N) is 1. The highest BCUT2D eigenvalue weighted by Gasteiger charge is 2.12. The maximum Gasteiger partial charge on any atom is 0.251 e. The number of nitrogens with two attached hydrogens (primary N) is 1. The molecule has 6 heteroatoms. The minimum Gasteiger partial charge on any atom is -0.394 e. The molecule has 0 aliphatic rings. The summed E-state index contributed by atoms with van der Waals surface area (Å²) in [4.78, 5) is 11.8. The molecule has 0 aromatic heterocycles. The summed E-state index contributed by atoms with van der Waals surface area (Å²) >= 11 is 0. The minimum absolute atomic E-state index is 0.154. The molecule has 0 unspecified atom stereocenters. The number of rotatable bonds is 4. The second kappa shape index (κ2) is 6.30. The van der Waals surface area contributed by atoms with Crippen molar-refractivity contribution in [3.8, 4) is 0 Å². The van der Waals surface area contributed by atoms with Gasteiger partial charge in [0, 0.05) is 12.1 Å². The van der Waals surface area contributed by atoms with Crippen LogP contribution in [0.1, 0.15) is 15.9 Å². The molecule has 0 spiro atoms. The Kier molecular flexibility index (Phi) is 4.47. The molecule has 3 nitrogen and oxygen atoms in total. The Bertz CT molecular complexity index is 651. The lowest BCUT2D eigenvalue weighted by Crippen LogP contribution is -2.26. The number of carbonyl (C=O) groups is 1. The van der Waals surface area contributed by atoms with Crippen molar-refractivity contribution in [2.45, 2.75) is 6.42 Å². The summed E-state index contributed by atoms with van der Waals surface area (Å²) in [5, 5.41) is 2.51. The fourth-order valence-electron chi connectivity index (χ4n) is 1.83. The van der Waals surface area contributed by atoms with E-state index < -0.39 is 23.2 Å². The van der Waals surface area contributed by atoms with Gasteiger partial charge in [-0.05, 0) is 36.2 Å². The molecular weight excluding hydrogens is 281 g/mol. The molecule has 2 aromatic carbocycles. The summed E-state index contributed by atoms with van der Waals surface area (Å²) in [5.41, 5.74) is 5.06. The molecule has 0 atom stereocenters. The lowest BCUT2D eigenvalue weighted by molar-refractivity contribution is 0.0953. The number of halogens is 3. The number of carbonyl (C=O) groups excluding carboxylic acids is 1. The lowest BCUT2D eigenvalue weighted by atomic mass is 10.1. The molecule has 0 heterocycles. The van der Waals surface area contributed by atoms with Crippen LogP contribution in [0.4, 0.5) is 18.9 Å². The van der Waals surface area contributed by atoms with E-state index >= 15 is 0 Å². The molecule has 0 aliphatic carbocycles. The predicted molar refractivity (Wildman–Crippen MR) is 73.2 cm³/mol. The molecule has 0 saturated carbocycles. The number of benzene rings is 2. The van der Waals surface area contributed by atoms with E-state index in [1.165, 1.54) is 12.1 Å². The average Bonchev–Trinajstić information content (AvgIpc) is 2.44. The van der Waals surface area contributed by atoms with Gasteiger partial charge in [0.1, 0.15) is 23.1 Å². The second-order valence-electron chi connectivity index (χ2n) is 4.49. The summed E-state index contributed by atoms with van der Waals surface area (Å²) in [6.07, 6.45) is 0.406. The van der Waals surface area contributed by atoms with Crippen molar-refractivity contribution in [3.05, 3.63) is 65.0 Å². The van der Waals surface area contributed by atoms with E-state index in [0.717, 1.165) is 12.1 Å². The molecule has 0 radical (unpaired) electrons. The Morgan fingerprint density at radius 2 is 1.76 bits per heavy atom. The van der Waals surface area contributed by atoms with Gasteiger partial charge in [-0.1, -0.05) is 12.1 Å². The van der Waals surface area contributed by atoms with Crippen LogP contribution in [0, 0.1) is 17.5 Å². The Balaban J connectivity index is 1.96. The van der Waals surface area contributed by atoms with Crippen molar-refractivity contribution >= 4 is 11.6 Å². The van der Waals surface area contributed by atoms with E-state index in [-0.39, 0.29) is 17.9 Å². The van der Waals surface area contributed by atoms with Crippen molar-refractivity contribution in [2.24, 2.45) is 0 Å². The van der Waals surface area contributed by atoms with Crippen molar-refractivity contribution < 1.29 is 18.0 Å². The van der Waals surface area contributed by atoms with Crippen molar-refractivity contribution in [2.75, 3.05) is 12.3 Å². The first-order chi connectivity index (χ1) is 9.97. The van der Waals surface area contributed by atoms with Crippen LogP contribution in [0.3, 0.4) is 0 Å². The summed E-state index contributed by atoms with van der Waals surface area (Å²) in [6.45, 7) is 0.218. The van der Waals surface area contributed by atoms with E-state index in [1.54, 1.807) is 12.1 Å². The smallest absolute Gasteiger partial charge is 0.251 e. The fraction of sp³-hybridized carbons (Fsp3) is 0.133. The van der Waals surface area contributed by atoms with Crippen molar-refractivity contribution in [1.82, 2.24) is 5.32 Å². The van der Waals surface area contributed by atoms with Crippen LogP contribution in [-0.4, -0.2) is 12.5 Å². The number of hydrogen-bond donors (Lipinski definition) is 2. The highest BCUT2D eigenvalue weighted by molar-refractivity contribution is 5.94. The van der Waals surface area contributed by atoms with Gasteiger partial charge in [-0.15, -0.1) is 0 Å². The molecule has 2 rings (SSSR count). The van der Waals surface area contributed by atoms with Gasteiger partial charge in [-0.25, -0.2) is 13.2 Å². The number of hydrogen-bond acceptors (Lipinski definition) is 2. The van der Waals surface area contributed by atoms with Gasteiger partial charge in [0.2, 0.25) is 0 Å². The van der Waals surface area contributed by atoms with E-state index in [9.17, 15) is 18.0 Å². The van der Waals surface area contributed by atoms with Gasteiger partial charge < -0.3 is 11.1 Å². The van der Waals surface area contributed by atoms with Crippen LogP contribution in [-0.2, 0) is 6.42 Å². The zero-order valence-corrected chi connectivity index (χ0v) is 11.0. The number of anilines is 1. The van der Waals surface area contributed by atoms with E-state index in [2.05, 4.69) is 5.32 Å². The van der Waals surface area contributed by atoms with Gasteiger partial charge in [-0.2, -0.15) is 0 Å². The third-order valence-electron chi connectivity index (χ3n) is 2.93. The van der Waals surface area contributed by atoms with Crippen LogP contribution in [0.15, 0.2) is 36.4 Å².